The average Bonchev–Trinajstić information content (AvgIpc) is 3.77. The third-order valence-electron chi connectivity index (χ3n) is 11.5. The number of likely N-dealkylation sites (N-methyl/N-ethyl adjacent to an activating group) is 1. The van der Waals surface area contributed by atoms with Gasteiger partial charge >= 0.3 is 5.97 Å². The molecule has 0 spiro atoms. The topological polar surface area (TPSA) is 258 Å². The van der Waals surface area contributed by atoms with Gasteiger partial charge in [0.05, 0.1) is 32.8 Å². The van der Waals surface area contributed by atoms with Crippen LogP contribution in [0.4, 0.5) is 11.4 Å². The molecular weight excluding hydrogens is 865 g/mol. The number of carbonyl (C=O) groups is 5. The average molecular weight is 921 g/mol. The van der Waals surface area contributed by atoms with Crippen molar-refractivity contribution in [1.82, 2.24) is 44.9 Å². The van der Waals surface area contributed by atoms with Crippen LogP contribution in [0.5, 0.6) is 0 Å². The van der Waals surface area contributed by atoms with E-state index in [1.807, 2.05) is 0 Å². The zero-order valence-corrected chi connectivity index (χ0v) is 37.7. The van der Waals surface area contributed by atoms with Crippen LogP contribution in [0.25, 0.3) is 11.1 Å². The Hall–Kier alpha value is -6.02. The molecule has 19 nitrogen and oxygen atoms in total. The molecular formula is C43H55Cl2N13O6. The number of nitrogens with two attached hydrogens (primary N) is 1. The predicted molar refractivity (Wildman–Crippen MR) is 243 cm³/mol. The van der Waals surface area contributed by atoms with Gasteiger partial charge in [-0.15, -0.1) is 0 Å². The smallest absolute Gasteiger partial charge is 0.303 e. The fourth-order valence-corrected chi connectivity index (χ4v) is 8.69. The van der Waals surface area contributed by atoms with Crippen LogP contribution in [0.15, 0.2) is 36.4 Å². The maximum atomic E-state index is 13.8. The molecule has 342 valence electrons. The second-order valence-corrected chi connectivity index (χ2v) is 16.6. The van der Waals surface area contributed by atoms with Gasteiger partial charge in [0.25, 0.3) is 11.8 Å². The molecule has 0 fully saturated rings. The van der Waals surface area contributed by atoms with Gasteiger partial charge in [0.2, 0.25) is 11.8 Å². The van der Waals surface area contributed by atoms with Crippen LogP contribution in [-0.4, -0.2) is 115 Å². The molecule has 4 aromatic rings. The standard InChI is InChI=1S/C43H55Cl2N13O6/c1-48-40(62)29(13-6-18-49-43(46)47)50-34(59)14-7-19-57-21-16-32-30(23-57)51-38(55(32)2)41(63)53-27-11-4-9-25(36(27)44)26-10-5-12-28(37(26)45)54-42(64)39-52-31-24-58(20-8-15-35(60)61)22-17-33(31)56(39)3/h4-5,9-12,29H,6-8,13-24H2,1-3H3,(H,48,62)(H,50,59)(H,53,63)(H,54,64)(H,60,61)(H4,46,47,49)/t29-/m0/s1. The quantitative estimate of drug-likeness (QED) is 0.0382. The highest BCUT2D eigenvalue weighted by molar-refractivity contribution is 6.40. The van der Waals surface area contributed by atoms with E-state index in [0.717, 1.165) is 29.3 Å². The summed E-state index contributed by atoms with van der Waals surface area (Å²) in [6, 6.07) is 9.72. The Balaban J connectivity index is 1.05. The zero-order valence-electron chi connectivity index (χ0n) is 36.2. The van der Waals surface area contributed by atoms with Crippen molar-refractivity contribution in [2.75, 3.05) is 50.4 Å². The van der Waals surface area contributed by atoms with Gasteiger partial charge in [-0.1, -0.05) is 47.5 Å². The number of halogens is 2. The molecule has 4 amide bonds. The molecule has 0 aliphatic carbocycles. The first-order valence-corrected chi connectivity index (χ1v) is 21.9. The summed E-state index contributed by atoms with van der Waals surface area (Å²) < 4.78 is 3.57. The number of carbonyl (C=O) groups excluding carboxylic acids is 4. The normalized spacial score (nSPS) is 14.2. The third kappa shape index (κ3) is 11.6. The SMILES string of the molecule is CNC(=O)[C@H](CCCNC(=N)N)NC(=O)CCCN1CCc2c(nc(C(=O)Nc3cccc(-c4cccc(NC(=O)c5nc6c(n5C)CCN(CCCC(=O)O)C6)c4Cl)c3Cl)n2C)C1. The number of carboxylic acids is 1. The number of nitrogens with one attached hydrogen (secondary N) is 6. The highest BCUT2D eigenvalue weighted by atomic mass is 35.5. The van der Waals surface area contributed by atoms with Gasteiger partial charge in [0.1, 0.15) is 6.04 Å². The molecule has 2 aliphatic heterocycles. The summed E-state index contributed by atoms with van der Waals surface area (Å²) in [7, 11) is 5.12. The largest absolute Gasteiger partial charge is 0.481 e. The molecule has 2 aromatic heterocycles. The Morgan fingerprint density at radius 1 is 0.797 bits per heavy atom. The maximum Gasteiger partial charge on any atom is 0.303 e. The summed E-state index contributed by atoms with van der Waals surface area (Å²) in [5.41, 5.74) is 10.5. The molecule has 0 unspecified atom stereocenters. The summed E-state index contributed by atoms with van der Waals surface area (Å²) in [6.07, 6.45) is 3.71. The van der Waals surface area contributed by atoms with E-state index in [9.17, 15) is 24.0 Å². The Labute approximate surface area is 380 Å². The number of nitrogens with zero attached hydrogens (tertiary/aromatic N) is 6. The fourth-order valence-electron chi connectivity index (χ4n) is 8.14. The third-order valence-corrected chi connectivity index (χ3v) is 12.3. The molecule has 21 heteroatoms. The minimum atomic E-state index is -0.826. The summed E-state index contributed by atoms with van der Waals surface area (Å²) in [6.45, 7) is 4.15. The molecule has 2 aliphatic rings. The Kier molecular flexibility index (Phi) is 16.0. The van der Waals surface area contributed by atoms with Crippen LogP contribution in [-0.2, 0) is 54.4 Å². The molecule has 2 aromatic carbocycles. The minimum absolute atomic E-state index is 0.0982. The van der Waals surface area contributed by atoms with E-state index in [-0.39, 0.29) is 52.3 Å². The number of hydrogen-bond donors (Lipinski definition) is 8. The highest BCUT2D eigenvalue weighted by Gasteiger charge is 2.28. The maximum absolute atomic E-state index is 13.8. The molecule has 0 bridgehead atoms. The Morgan fingerprint density at radius 2 is 1.30 bits per heavy atom. The summed E-state index contributed by atoms with van der Waals surface area (Å²) in [4.78, 5) is 77.1. The zero-order chi connectivity index (χ0) is 46.1. The number of rotatable bonds is 19. The number of amides is 4. The molecule has 1 atom stereocenters. The number of fused-ring (bicyclic) bond motifs is 2. The number of aromatic nitrogens is 4. The molecule has 0 saturated heterocycles. The highest BCUT2D eigenvalue weighted by Crippen LogP contribution is 2.40. The summed E-state index contributed by atoms with van der Waals surface area (Å²) >= 11 is 13.9. The van der Waals surface area contributed by atoms with E-state index in [0.29, 0.717) is 100 Å². The van der Waals surface area contributed by atoms with Gasteiger partial charge in [0, 0.05) is 102 Å². The number of carboxylic acid groups (broad SMARTS) is 1. The summed E-state index contributed by atoms with van der Waals surface area (Å²) in [5, 5.41) is 30.7. The minimum Gasteiger partial charge on any atom is -0.481 e. The van der Waals surface area contributed by atoms with Crippen molar-refractivity contribution < 1.29 is 29.1 Å². The van der Waals surface area contributed by atoms with E-state index in [2.05, 4.69) is 41.4 Å². The van der Waals surface area contributed by atoms with Crippen molar-refractivity contribution in [3.63, 3.8) is 0 Å². The van der Waals surface area contributed by atoms with Gasteiger partial charge in [0.15, 0.2) is 17.6 Å². The number of imidazole rings is 2. The van der Waals surface area contributed by atoms with Crippen LogP contribution < -0.4 is 32.3 Å². The molecule has 0 radical (unpaired) electrons. The Bertz CT molecular complexity index is 2420. The second-order valence-electron chi connectivity index (χ2n) is 15.9. The lowest BCUT2D eigenvalue weighted by atomic mass is 10.0. The van der Waals surface area contributed by atoms with E-state index < -0.39 is 23.8 Å². The number of benzene rings is 2. The van der Waals surface area contributed by atoms with Crippen LogP contribution in [0, 0.1) is 5.41 Å². The lowest BCUT2D eigenvalue weighted by Crippen LogP contribution is -2.46. The van der Waals surface area contributed by atoms with Crippen LogP contribution in [0.2, 0.25) is 10.0 Å². The first-order chi connectivity index (χ1) is 30.6. The van der Waals surface area contributed by atoms with Crippen molar-refractivity contribution in [1.29, 1.82) is 5.41 Å². The van der Waals surface area contributed by atoms with Crippen LogP contribution in [0.1, 0.15) is 82.5 Å². The second kappa shape index (κ2) is 21.6. The van der Waals surface area contributed by atoms with Crippen molar-refractivity contribution in [2.45, 2.75) is 70.5 Å². The van der Waals surface area contributed by atoms with E-state index >= 15 is 0 Å². The monoisotopic (exact) mass is 919 g/mol. The molecule has 6 rings (SSSR count). The fraction of sp³-hybridized carbons (Fsp3) is 0.442. The van der Waals surface area contributed by atoms with Crippen molar-refractivity contribution >= 4 is 70.1 Å². The molecule has 0 saturated carbocycles. The first-order valence-electron chi connectivity index (χ1n) is 21.2. The van der Waals surface area contributed by atoms with Crippen molar-refractivity contribution in [3.8, 4) is 11.1 Å². The van der Waals surface area contributed by atoms with E-state index in [1.165, 1.54) is 7.05 Å². The molecule has 9 N–H and O–H groups in total. The Morgan fingerprint density at radius 3 is 1.77 bits per heavy atom. The van der Waals surface area contributed by atoms with Crippen molar-refractivity contribution in [3.05, 3.63) is 80.9 Å². The summed E-state index contributed by atoms with van der Waals surface area (Å²) in [5.74, 6) is -1.93. The van der Waals surface area contributed by atoms with Crippen LogP contribution >= 0.6 is 23.2 Å². The van der Waals surface area contributed by atoms with Gasteiger partial charge in [-0.25, -0.2) is 9.97 Å². The molecule has 4 heterocycles. The van der Waals surface area contributed by atoms with Gasteiger partial charge < -0.3 is 46.6 Å². The van der Waals surface area contributed by atoms with Gasteiger partial charge in [-0.2, -0.15) is 0 Å². The number of aliphatic carboxylic acids is 1. The van der Waals surface area contributed by atoms with Crippen LogP contribution in [0.3, 0.4) is 0 Å². The van der Waals surface area contributed by atoms with Gasteiger partial charge in [-0.05, 0) is 50.9 Å². The lowest BCUT2D eigenvalue weighted by Gasteiger charge is -2.26. The van der Waals surface area contributed by atoms with Gasteiger partial charge in [-0.3, -0.25) is 39.2 Å². The molecule has 64 heavy (non-hydrogen) atoms. The number of anilines is 2. The first kappa shape index (κ1) is 47.5. The van der Waals surface area contributed by atoms with E-state index in [1.54, 1.807) is 59.6 Å². The lowest BCUT2D eigenvalue weighted by molar-refractivity contribution is -0.137. The van der Waals surface area contributed by atoms with E-state index in [4.69, 9.17) is 44.4 Å². The number of guanidine groups is 1. The number of hydrogen-bond acceptors (Lipinski definition) is 10. The van der Waals surface area contributed by atoms with Crippen molar-refractivity contribution in [2.24, 2.45) is 19.8 Å². The predicted octanol–water partition coefficient (Wildman–Crippen LogP) is 3.49.